The van der Waals surface area contributed by atoms with Crippen molar-refractivity contribution in [2.24, 2.45) is 0 Å². The van der Waals surface area contributed by atoms with Gasteiger partial charge in [-0.2, -0.15) is 5.26 Å². The average molecular weight is 210 g/mol. The van der Waals surface area contributed by atoms with Gasteiger partial charge >= 0.3 is 0 Å². The summed E-state index contributed by atoms with van der Waals surface area (Å²) in [5.74, 6) is 0. The molecule has 0 heterocycles. The summed E-state index contributed by atoms with van der Waals surface area (Å²) < 4.78 is 24.6. The molecule has 1 aromatic carbocycles. The SMILES string of the molecule is Cc1ccc(C#N)cc1NC(C)C(F)F. The number of hydrogen-bond acceptors (Lipinski definition) is 2. The highest BCUT2D eigenvalue weighted by Crippen LogP contribution is 2.18. The maximum Gasteiger partial charge on any atom is 0.258 e. The van der Waals surface area contributed by atoms with Gasteiger partial charge in [0.15, 0.2) is 0 Å². The first-order chi connectivity index (χ1) is 7.04. The lowest BCUT2D eigenvalue weighted by Crippen LogP contribution is -2.24. The molecule has 1 aromatic rings. The van der Waals surface area contributed by atoms with Gasteiger partial charge in [0.1, 0.15) is 0 Å². The summed E-state index contributed by atoms with van der Waals surface area (Å²) in [6.45, 7) is 3.21. The van der Waals surface area contributed by atoms with Gasteiger partial charge in [-0.15, -0.1) is 0 Å². The van der Waals surface area contributed by atoms with Crippen molar-refractivity contribution in [2.45, 2.75) is 26.3 Å². The van der Waals surface area contributed by atoms with Gasteiger partial charge in [0, 0.05) is 5.69 Å². The monoisotopic (exact) mass is 210 g/mol. The van der Waals surface area contributed by atoms with Crippen LogP contribution in [0.15, 0.2) is 18.2 Å². The van der Waals surface area contributed by atoms with Crippen molar-refractivity contribution in [1.29, 1.82) is 5.26 Å². The molecule has 0 aliphatic carbocycles. The molecule has 0 spiro atoms. The van der Waals surface area contributed by atoms with Crippen molar-refractivity contribution in [3.05, 3.63) is 29.3 Å². The Labute approximate surface area is 87.5 Å². The van der Waals surface area contributed by atoms with Crippen LogP contribution < -0.4 is 5.32 Å². The Kier molecular flexibility index (Phi) is 3.62. The summed E-state index contributed by atoms with van der Waals surface area (Å²) in [6.07, 6.45) is -2.42. The van der Waals surface area contributed by atoms with E-state index in [2.05, 4.69) is 5.32 Å². The van der Waals surface area contributed by atoms with Crippen LogP contribution in [0.1, 0.15) is 18.1 Å². The summed E-state index contributed by atoms with van der Waals surface area (Å²) in [6, 6.07) is 6.02. The fourth-order valence-corrected chi connectivity index (χ4v) is 1.16. The van der Waals surface area contributed by atoms with E-state index in [0.29, 0.717) is 11.3 Å². The van der Waals surface area contributed by atoms with Crippen molar-refractivity contribution in [2.75, 3.05) is 5.32 Å². The van der Waals surface area contributed by atoms with Crippen LogP contribution in [0.25, 0.3) is 0 Å². The van der Waals surface area contributed by atoms with Gasteiger partial charge < -0.3 is 5.32 Å². The standard InChI is InChI=1S/C11H12F2N2/c1-7-3-4-9(6-14)5-10(7)15-8(2)11(12)13/h3-5,8,11,15H,1-2H3. The molecule has 0 amide bonds. The van der Waals surface area contributed by atoms with Crippen LogP contribution in [-0.4, -0.2) is 12.5 Å². The molecule has 0 aliphatic rings. The van der Waals surface area contributed by atoms with Crippen molar-refractivity contribution >= 4 is 5.69 Å². The molecule has 4 heteroatoms. The summed E-state index contributed by atoms with van der Waals surface area (Å²) >= 11 is 0. The van der Waals surface area contributed by atoms with Crippen molar-refractivity contribution in [3.63, 3.8) is 0 Å². The predicted molar refractivity (Wildman–Crippen MR) is 55.0 cm³/mol. The number of nitrogens with one attached hydrogen (secondary N) is 1. The van der Waals surface area contributed by atoms with E-state index in [1.807, 2.05) is 13.0 Å². The molecule has 0 bridgehead atoms. The molecule has 1 rings (SSSR count). The third-order valence-electron chi connectivity index (χ3n) is 2.13. The molecule has 80 valence electrons. The van der Waals surface area contributed by atoms with E-state index in [9.17, 15) is 8.78 Å². The Balaban J connectivity index is 2.89. The van der Waals surface area contributed by atoms with Crippen molar-refractivity contribution < 1.29 is 8.78 Å². The van der Waals surface area contributed by atoms with Gasteiger partial charge in [-0.05, 0) is 31.5 Å². The zero-order valence-corrected chi connectivity index (χ0v) is 8.59. The Bertz CT molecular complexity index is 383. The van der Waals surface area contributed by atoms with Crippen LogP contribution >= 0.6 is 0 Å². The summed E-state index contributed by atoms with van der Waals surface area (Å²) in [5.41, 5.74) is 1.90. The van der Waals surface area contributed by atoms with Gasteiger partial charge in [-0.25, -0.2) is 8.78 Å². The van der Waals surface area contributed by atoms with Gasteiger partial charge in [-0.3, -0.25) is 0 Å². The number of hydrogen-bond donors (Lipinski definition) is 1. The van der Waals surface area contributed by atoms with E-state index < -0.39 is 12.5 Å². The van der Waals surface area contributed by atoms with E-state index in [-0.39, 0.29) is 0 Å². The van der Waals surface area contributed by atoms with E-state index in [0.717, 1.165) is 5.56 Å². The van der Waals surface area contributed by atoms with Crippen LogP contribution in [-0.2, 0) is 0 Å². The first kappa shape index (κ1) is 11.4. The van der Waals surface area contributed by atoms with Gasteiger partial charge in [0.25, 0.3) is 6.43 Å². The van der Waals surface area contributed by atoms with Crippen LogP contribution in [0.4, 0.5) is 14.5 Å². The molecule has 0 radical (unpaired) electrons. The second-order valence-corrected chi connectivity index (χ2v) is 3.41. The predicted octanol–water partition coefficient (Wildman–Crippen LogP) is 2.93. The molecule has 15 heavy (non-hydrogen) atoms. The van der Waals surface area contributed by atoms with E-state index in [1.54, 1.807) is 18.2 Å². The minimum atomic E-state index is -2.42. The largest absolute Gasteiger partial charge is 0.377 e. The van der Waals surface area contributed by atoms with E-state index in [4.69, 9.17) is 5.26 Å². The van der Waals surface area contributed by atoms with E-state index in [1.165, 1.54) is 6.92 Å². The number of anilines is 1. The van der Waals surface area contributed by atoms with Gasteiger partial charge in [-0.1, -0.05) is 6.07 Å². The smallest absolute Gasteiger partial charge is 0.258 e. The summed E-state index contributed by atoms with van der Waals surface area (Å²) in [7, 11) is 0. The highest BCUT2D eigenvalue weighted by atomic mass is 19.3. The van der Waals surface area contributed by atoms with Crippen LogP contribution in [0.2, 0.25) is 0 Å². The lowest BCUT2D eigenvalue weighted by atomic mass is 10.1. The summed E-state index contributed by atoms with van der Waals surface area (Å²) in [5, 5.41) is 11.4. The first-order valence-electron chi connectivity index (χ1n) is 4.60. The quantitative estimate of drug-likeness (QED) is 0.832. The number of rotatable bonds is 3. The minimum absolute atomic E-state index is 0.463. The zero-order valence-electron chi connectivity index (χ0n) is 8.59. The zero-order chi connectivity index (χ0) is 11.4. The molecule has 0 saturated carbocycles. The number of alkyl halides is 2. The first-order valence-corrected chi connectivity index (χ1v) is 4.60. The highest BCUT2D eigenvalue weighted by Gasteiger charge is 2.14. The molecule has 1 unspecified atom stereocenters. The second kappa shape index (κ2) is 4.74. The van der Waals surface area contributed by atoms with Crippen LogP contribution in [0.5, 0.6) is 0 Å². The topological polar surface area (TPSA) is 35.8 Å². The van der Waals surface area contributed by atoms with Crippen molar-refractivity contribution in [1.82, 2.24) is 0 Å². The number of halogens is 2. The molecule has 1 N–H and O–H groups in total. The molecule has 2 nitrogen and oxygen atoms in total. The maximum atomic E-state index is 12.3. The molecule has 0 saturated heterocycles. The van der Waals surface area contributed by atoms with Crippen LogP contribution in [0.3, 0.4) is 0 Å². The molecular formula is C11H12F2N2. The molecule has 0 aromatic heterocycles. The van der Waals surface area contributed by atoms with Gasteiger partial charge in [0.2, 0.25) is 0 Å². The molecular weight excluding hydrogens is 198 g/mol. The summed E-state index contributed by atoms with van der Waals surface area (Å²) in [4.78, 5) is 0. The second-order valence-electron chi connectivity index (χ2n) is 3.41. The normalized spacial score (nSPS) is 12.3. The molecule has 0 fully saturated rings. The Hall–Kier alpha value is -1.63. The Morgan fingerprint density at radius 1 is 1.40 bits per heavy atom. The minimum Gasteiger partial charge on any atom is -0.377 e. The highest BCUT2D eigenvalue weighted by molar-refractivity contribution is 5.55. The Morgan fingerprint density at radius 3 is 2.60 bits per heavy atom. The fourth-order valence-electron chi connectivity index (χ4n) is 1.16. The number of aryl methyl sites for hydroxylation is 1. The third kappa shape index (κ3) is 2.91. The number of nitriles is 1. The number of benzene rings is 1. The number of nitrogens with zero attached hydrogens (tertiary/aromatic N) is 1. The van der Waals surface area contributed by atoms with Crippen molar-refractivity contribution in [3.8, 4) is 6.07 Å². The lowest BCUT2D eigenvalue weighted by molar-refractivity contribution is 0.130. The van der Waals surface area contributed by atoms with Crippen LogP contribution in [0, 0.1) is 18.3 Å². The maximum absolute atomic E-state index is 12.3. The Morgan fingerprint density at radius 2 is 2.07 bits per heavy atom. The molecule has 1 atom stereocenters. The third-order valence-corrected chi connectivity index (χ3v) is 2.13. The van der Waals surface area contributed by atoms with Gasteiger partial charge in [0.05, 0.1) is 17.7 Å². The average Bonchev–Trinajstić information content (AvgIpc) is 2.21. The lowest BCUT2D eigenvalue weighted by Gasteiger charge is -2.16. The molecule has 0 aliphatic heterocycles. The van der Waals surface area contributed by atoms with E-state index >= 15 is 0 Å². The fraction of sp³-hybridized carbons (Fsp3) is 0.364.